The third-order valence-electron chi connectivity index (χ3n) is 5.65. The van der Waals surface area contributed by atoms with Gasteiger partial charge < -0.3 is 19.3 Å². The van der Waals surface area contributed by atoms with Gasteiger partial charge in [-0.05, 0) is 56.3 Å². The number of carbonyl (C=O) groups excluding carboxylic acids is 2. The Morgan fingerprint density at radius 3 is 2.46 bits per heavy atom. The van der Waals surface area contributed by atoms with Crippen molar-refractivity contribution in [3.8, 4) is 22.7 Å². The maximum Gasteiger partial charge on any atom is 0.339 e. The maximum atomic E-state index is 13.3. The molecule has 0 fully saturated rings. The van der Waals surface area contributed by atoms with Crippen molar-refractivity contribution in [2.75, 3.05) is 19.0 Å². The van der Waals surface area contributed by atoms with Crippen molar-refractivity contribution < 1.29 is 23.6 Å². The zero-order valence-electron chi connectivity index (χ0n) is 20.4. The summed E-state index contributed by atoms with van der Waals surface area (Å²) in [5.41, 5.74) is 3.45. The van der Waals surface area contributed by atoms with Crippen LogP contribution < -0.4 is 10.1 Å². The van der Waals surface area contributed by atoms with E-state index in [0.717, 1.165) is 11.3 Å². The minimum Gasteiger partial charge on any atom is -0.497 e. The molecule has 2 aromatic carbocycles. The van der Waals surface area contributed by atoms with Crippen molar-refractivity contribution in [3.63, 3.8) is 0 Å². The molecule has 1 N–H and O–H groups in total. The number of methoxy groups -OCH3 is 1. The van der Waals surface area contributed by atoms with Crippen LogP contribution in [0.15, 0.2) is 71.3 Å². The van der Waals surface area contributed by atoms with Crippen LogP contribution in [0.5, 0.6) is 5.75 Å². The Labute approximate surface area is 211 Å². The molecule has 10 heteroatoms. The fraction of sp³-hybridized carbons (Fsp3) is 0.148. The Balaban J connectivity index is 1.53. The van der Waals surface area contributed by atoms with Gasteiger partial charge >= 0.3 is 5.97 Å². The van der Waals surface area contributed by atoms with Crippen molar-refractivity contribution in [2.45, 2.75) is 13.8 Å². The van der Waals surface area contributed by atoms with E-state index in [1.54, 1.807) is 37.8 Å². The first-order valence-electron chi connectivity index (χ1n) is 11.4. The lowest BCUT2D eigenvalue weighted by atomic mass is 10.1. The number of ether oxygens (including phenoxy) is 2. The number of hydrogen-bond acceptors (Lipinski definition) is 8. The highest BCUT2D eigenvalue weighted by Crippen LogP contribution is 2.30. The summed E-state index contributed by atoms with van der Waals surface area (Å²) in [5.74, 6) is 0.265. The number of carbonyl (C=O) groups is 2. The molecule has 0 atom stereocenters. The second-order valence-corrected chi connectivity index (χ2v) is 8.26. The summed E-state index contributed by atoms with van der Waals surface area (Å²) in [5, 5.41) is 11.4. The molecule has 0 aliphatic heterocycles. The van der Waals surface area contributed by atoms with E-state index in [0.29, 0.717) is 33.9 Å². The highest BCUT2D eigenvalue weighted by Gasteiger charge is 2.23. The van der Waals surface area contributed by atoms with Crippen molar-refractivity contribution in [1.29, 1.82) is 0 Å². The predicted molar refractivity (Wildman–Crippen MR) is 136 cm³/mol. The number of aromatic nitrogens is 4. The molecule has 186 valence electrons. The first-order valence-corrected chi connectivity index (χ1v) is 11.4. The molecule has 0 aliphatic carbocycles. The minimum absolute atomic E-state index is 0.242. The number of anilines is 1. The topological polar surface area (TPSA) is 121 Å². The van der Waals surface area contributed by atoms with E-state index in [4.69, 9.17) is 19.0 Å². The summed E-state index contributed by atoms with van der Waals surface area (Å²) in [6.07, 6.45) is 0. The quantitative estimate of drug-likeness (QED) is 0.326. The van der Waals surface area contributed by atoms with Crippen molar-refractivity contribution >= 4 is 28.7 Å². The molecule has 0 spiro atoms. The number of rotatable bonds is 7. The highest BCUT2D eigenvalue weighted by molar-refractivity contribution is 6.06. The normalized spacial score (nSPS) is 10.9. The SMILES string of the molecule is COc1ccc(-c2cc(C(=O)OCC(=O)Nc3cc(C)on3)c3c(C)nn(-c4ccccc4)c3n2)cc1. The number of para-hydroxylation sites is 1. The first-order chi connectivity index (χ1) is 17.9. The van der Waals surface area contributed by atoms with Crippen molar-refractivity contribution in [2.24, 2.45) is 0 Å². The minimum atomic E-state index is -0.677. The van der Waals surface area contributed by atoms with E-state index < -0.39 is 18.5 Å². The Morgan fingerprint density at radius 2 is 1.78 bits per heavy atom. The Hall–Kier alpha value is -4.99. The molecule has 10 nitrogen and oxygen atoms in total. The average molecular weight is 498 g/mol. The van der Waals surface area contributed by atoms with Gasteiger partial charge in [-0.25, -0.2) is 14.5 Å². The third kappa shape index (κ3) is 4.90. The van der Waals surface area contributed by atoms with Crippen LogP contribution in [0.1, 0.15) is 21.8 Å². The van der Waals surface area contributed by atoms with Crippen LogP contribution in [0.3, 0.4) is 0 Å². The van der Waals surface area contributed by atoms with Gasteiger partial charge in [-0.1, -0.05) is 23.4 Å². The van der Waals surface area contributed by atoms with Gasteiger partial charge in [0, 0.05) is 11.6 Å². The molecule has 1 amide bonds. The molecule has 5 rings (SSSR count). The summed E-state index contributed by atoms with van der Waals surface area (Å²) in [7, 11) is 1.59. The summed E-state index contributed by atoms with van der Waals surface area (Å²) >= 11 is 0. The van der Waals surface area contributed by atoms with Gasteiger partial charge in [-0.3, -0.25) is 4.79 Å². The average Bonchev–Trinajstić information content (AvgIpc) is 3.49. The number of nitrogens with zero attached hydrogens (tertiary/aromatic N) is 4. The lowest BCUT2D eigenvalue weighted by Gasteiger charge is -2.10. The molecule has 0 saturated carbocycles. The molecule has 5 aromatic rings. The van der Waals surface area contributed by atoms with Crippen LogP contribution in [0.2, 0.25) is 0 Å². The zero-order valence-corrected chi connectivity index (χ0v) is 20.4. The molecule has 3 aromatic heterocycles. The van der Waals surface area contributed by atoms with Crippen LogP contribution in [-0.2, 0) is 9.53 Å². The van der Waals surface area contributed by atoms with Crippen LogP contribution >= 0.6 is 0 Å². The maximum absolute atomic E-state index is 13.3. The van der Waals surface area contributed by atoms with E-state index in [9.17, 15) is 9.59 Å². The molecule has 37 heavy (non-hydrogen) atoms. The second-order valence-electron chi connectivity index (χ2n) is 8.26. The third-order valence-corrected chi connectivity index (χ3v) is 5.65. The summed E-state index contributed by atoms with van der Waals surface area (Å²) in [6, 6.07) is 20.1. The lowest BCUT2D eigenvalue weighted by molar-refractivity contribution is -0.119. The highest BCUT2D eigenvalue weighted by atomic mass is 16.5. The molecule has 0 bridgehead atoms. The van der Waals surface area contributed by atoms with E-state index >= 15 is 0 Å². The zero-order chi connectivity index (χ0) is 25.9. The monoisotopic (exact) mass is 497 g/mol. The van der Waals surface area contributed by atoms with E-state index in [1.807, 2.05) is 54.6 Å². The smallest absolute Gasteiger partial charge is 0.339 e. The standard InChI is InChI=1S/C27H23N5O5/c1-16-13-23(31-37-16)29-24(33)15-36-27(34)21-14-22(18-9-11-20(35-3)12-10-18)28-26-25(21)17(2)30-32(26)19-7-5-4-6-8-19/h4-14H,15H2,1-3H3,(H,29,31,33). The van der Waals surface area contributed by atoms with Crippen LogP contribution in [0, 0.1) is 13.8 Å². The summed E-state index contributed by atoms with van der Waals surface area (Å²) < 4.78 is 17.3. The van der Waals surface area contributed by atoms with Crippen LogP contribution in [-0.4, -0.2) is 45.5 Å². The number of fused-ring (bicyclic) bond motifs is 1. The van der Waals surface area contributed by atoms with Crippen molar-refractivity contribution in [1.82, 2.24) is 19.9 Å². The number of pyridine rings is 1. The largest absolute Gasteiger partial charge is 0.497 e. The van der Waals surface area contributed by atoms with Gasteiger partial charge in [-0.15, -0.1) is 0 Å². The van der Waals surface area contributed by atoms with Gasteiger partial charge in [-0.2, -0.15) is 5.10 Å². The number of esters is 1. The number of nitrogens with one attached hydrogen (secondary N) is 1. The number of benzene rings is 2. The number of amides is 1. The Kier molecular flexibility index (Phi) is 6.38. The van der Waals surface area contributed by atoms with Gasteiger partial charge in [0.05, 0.1) is 35.1 Å². The molecule has 3 heterocycles. The number of hydrogen-bond donors (Lipinski definition) is 1. The van der Waals surface area contributed by atoms with Crippen LogP contribution in [0.25, 0.3) is 28.0 Å². The summed E-state index contributed by atoms with van der Waals surface area (Å²) in [6.45, 7) is 3.00. The molecule has 0 unspecified atom stereocenters. The predicted octanol–water partition coefficient (Wildman–Crippen LogP) is 4.50. The van der Waals surface area contributed by atoms with Gasteiger partial charge in [0.1, 0.15) is 11.5 Å². The Morgan fingerprint density at radius 1 is 1.03 bits per heavy atom. The number of aryl methyl sites for hydroxylation is 2. The van der Waals surface area contributed by atoms with E-state index in [2.05, 4.69) is 15.6 Å². The second kappa shape index (κ2) is 9.94. The van der Waals surface area contributed by atoms with Gasteiger partial charge in [0.2, 0.25) is 0 Å². The molecule has 0 aliphatic rings. The van der Waals surface area contributed by atoms with Gasteiger partial charge in [0.25, 0.3) is 5.91 Å². The van der Waals surface area contributed by atoms with E-state index in [-0.39, 0.29) is 11.4 Å². The fourth-order valence-electron chi connectivity index (χ4n) is 3.92. The molecule has 0 radical (unpaired) electrons. The molecule has 0 saturated heterocycles. The fourth-order valence-corrected chi connectivity index (χ4v) is 3.92. The van der Waals surface area contributed by atoms with Crippen LogP contribution in [0.4, 0.5) is 5.82 Å². The van der Waals surface area contributed by atoms with Crippen molar-refractivity contribution in [3.05, 3.63) is 83.7 Å². The lowest BCUT2D eigenvalue weighted by Crippen LogP contribution is -2.21. The Bertz CT molecular complexity index is 1590. The van der Waals surface area contributed by atoms with E-state index in [1.165, 1.54) is 0 Å². The first kappa shape index (κ1) is 23.7. The molecular formula is C27H23N5O5. The molecular weight excluding hydrogens is 474 g/mol. The van der Waals surface area contributed by atoms with Gasteiger partial charge in [0.15, 0.2) is 18.1 Å². The summed E-state index contributed by atoms with van der Waals surface area (Å²) in [4.78, 5) is 30.4.